The standard InChI is InChI=1S/C15H22N2O5S/c1-4-17-23(21,22)12-7-5-11(6-8-12)13(18)16-10-9-15(2,3)14(19)20/h5-8,17H,4,9-10H2,1-3H3,(H,16,18)(H,19,20). The number of aliphatic carboxylic acids is 1. The van der Waals surface area contributed by atoms with Crippen LogP contribution in [-0.4, -0.2) is 38.5 Å². The van der Waals surface area contributed by atoms with Gasteiger partial charge in [0.2, 0.25) is 10.0 Å². The second kappa shape index (κ2) is 7.56. The summed E-state index contributed by atoms with van der Waals surface area (Å²) in [7, 11) is -3.55. The molecule has 0 unspecified atom stereocenters. The lowest BCUT2D eigenvalue weighted by Gasteiger charge is -2.18. The summed E-state index contributed by atoms with van der Waals surface area (Å²) in [5.41, 5.74) is -0.606. The van der Waals surface area contributed by atoms with Crippen LogP contribution in [0.1, 0.15) is 37.6 Å². The quantitative estimate of drug-likeness (QED) is 0.657. The van der Waals surface area contributed by atoms with Crippen molar-refractivity contribution in [2.24, 2.45) is 5.41 Å². The third-order valence-electron chi connectivity index (χ3n) is 3.38. The van der Waals surface area contributed by atoms with Gasteiger partial charge in [0.25, 0.3) is 5.91 Å². The molecule has 0 aliphatic carbocycles. The predicted molar refractivity (Wildman–Crippen MR) is 85.7 cm³/mol. The van der Waals surface area contributed by atoms with E-state index in [1.807, 2.05) is 0 Å². The summed E-state index contributed by atoms with van der Waals surface area (Å²) in [6, 6.07) is 5.55. The van der Waals surface area contributed by atoms with Crippen molar-refractivity contribution in [2.45, 2.75) is 32.1 Å². The number of carbonyl (C=O) groups is 2. The summed E-state index contributed by atoms with van der Waals surface area (Å²) in [6.45, 7) is 5.35. The Morgan fingerprint density at radius 3 is 2.22 bits per heavy atom. The zero-order valence-corrected chi connectivity index (χ0v) is 14.2. The van der Waals surface area contributed by atoms with Crippen LogP contribution in [0, 0.1) is 5.41 Å². The minimum Gasteiger partial charge on any atom is -0.481 e. The molecule has 1 aromatic rings. The molecule has 0 fully saturated rings. The number of amides is 1. The van der Waals surface area contributed by atoms with Crippen LogP contribution in [0.5, 0.6) is 0 Å². The van der Waals surface area contributed by atoms with E-state index < -0.39 is 21.4 Å². The van der Waals surface area contributed by atoms with Gasteiger partial charge in [-0.1, -0.05) is 6.92 Å². The molecule has 7 nitrogen and oxygen atoms in total. The molecule has 0 aliphatic rings. The van der Waals surface area contributed by atoms with Crippen LogP contribution >= 0.6 is 0 Å². The normalized spacial score (nSPS) is 12.0. The first-order chi connectivity index (χ1) is 10.6. The highest BCUT2D eigenvalue weighted by Gasteiger charge is 2.26. The van der Waals surface area contributed by atoms with E-state index in [0.29, 0.717) is 12.0 Å². The molecule has 3 N–H and O–H groups in total. The molecule has 128 valence electrons. The van der Waals surface area contributed by atoms with E-state index in [-0.39, 0.29) is 23.9 Å². The maximum absolute atomic E-state index is 12.0. The second-order valence-corrected chi connectivity index (χ2v) is 7.49. The van der Waals surface area contributed by atoms with Gasteiger partial charge in [0.05, 0.1) is 10.3 Å². The van der Waals surface area contributed by atoms with Gasteiger partial charge in [0, 0.05) is 18.7 Å². The van der Waals surface area contributed by atoms with Crippen molar-refractivity contribution in [3.05, 3.63) is 29.8 Å². The summed E-state index contributed by atoms with van der Waals surface area (Å²) in [5.74, 6) is -1.30. The lowest BCUT2D eigenvalue weighted by atomic mass is 9.90. The zero-order chi connectivity index (χ0) is 17.7. The Morgan fingerprint density at radius 1 is 1.17 bits per heavy atom. The Kier molecular flexibility index (Phi) is 6.28. The van der Waals surface area contributed by atoms with Crippen LogP contribution in [0.4, 0.5) is 0 Å². The van der Waals surface area contributed by atoms with Crippen molar-refractivity contribution in [1.82, 2.24) is 10.0 Å². The number of carbonyl (C=O) groups excluding carboxylic acids is 1. The fraction of sp³-hybridized carbons (Fsp3) is 0.467. The molecule has 1 amide bonds. The number of hydrogen-bond acceptors (Lipinski definition) is 4. The molecule has 0 atom stereocenters. The molecule has 0 heterocycles. The molecule has 23 heavy (non-hydrogen) atoms. The van der Waals surface area contributed by atoms with E-state index >= 15 is 0 Å². The molecule has 8 heteroatoms. The fourth-order valence-electron chi connectivity index (χ4n) is 1.76. The van der Waals surface area contributed by atoms with Gasteiger partial charge in [-0.3, -0.25) is 9.59 Å². The van der Waals surface area contributed by atoms with Crippen LogP contribution in [0.2, 0.25) is 0 Å². The Morgan fingerprint density at radius 2 is 1.74 bits per heavy atom. The first-order valence-corrected chi connectivity index (χ1v) is 8.70. The first-order valence-electron chi connectivity index (χ1n) is 7.21. The SMILES string of the molecule is CCNS(=O)(=O)c1ccc(C(=O)NCCC(C)(C)C(=O)O)cc1. The second-order valence-electron chi connectivity index (χ2n) is 5.72. The van der Waals surface area contributed by atoms with E-state index in [2.05, 4.69) is 10.0 Å². The number of carboxylic acids is 1. The highest BCUT2D eigenvalue weighted by atomic mass is 32.2. The number of rotatable bonds is 8. The molecular formula is C15H22N2O5S. The van der Waals surface area contributed by atoms with Gasteiger partial charge in [-0.15, -0.1) is 0 Å². The third-order valence-corrected chi connectivity index (χ3v) is 4.94. The van der Waals surface area contributed by atoms with Gasteiger partial charge in [0.1, 0.15) is 0 Å². The van der Waals surface area contributed by atoms with Crippen LogP contribution in [-0.2, 0) is 14.8 Å². The minimum absolute atomic E-state index is 0.0860. The maximum atomic E-state index is 12.0. The van der Waals surface area contributed by atoms with Gasteiger partial charge in [-0.05, 0) is 44.5 Å². The largest absolute Gasteiger partial charge is 0.481 e. The molecule has 0 aliphatic heterocycles. The number of nitrogens with one attached hydrogen (secondary N) is 2. The van der Waals surface area contributed by atoms with E-state index in [9.17, 15) is 18.0 Å². The third kappa shape index (κ3) is 5.33. The molecule has 0 saturated heterocycles. The van der Waals surface area contributed by atoms with Crippen molar-refractivity contribution < 1.29 is 23.1 Å². The van der Waals surface area contributed by atoms with E-state index in [4.69, 9.17) is 5.11 Å². The maximum Gasteiger partial charge on any atom is 0.309 e. The number of sulfonamides is 1. The van der Waals surface area contributed by atoms with E-state index in [1.54, 1.807) is 20.8 Å². The molecule has 0 saturated carbocycles. The topological polar surface area (TPSA) is 113 Å². The molecule has 0 aromatic heterocycles. The summed E-state index contributed by atoms with van der Waals surface area (Å²) < 4.78 is 25.9. The molecule has 0 radical (unpaired) electrons. The summed E-state index contributed by atoms with van der Waals surface area (Å²) in [6.07, 6.45) is 0.293. The average Bonchev–Trinajstić information content (AvgIpc) is 2.47. The highest BCUT2D eigenvalue weighted by Crippen LogP contribution is 2.19. The smallest absolute Gasteiger partial charge is 0.309 e. The number of benzene rings is 1. The Balaban J connectivity index is 2.67. The van der Waals surface area contributed by atoms with Crippen molar-refractivity contribution in [3.8, 4) is 0 Å². The van der Waals surface area contributed by atoms with Gasteiger partial charge in [0.15, 0.2) is 0 Å². The molecule has 0 bridgehead atoms. The van der Waals surface area contributed by atoms with Gasteiger partial charge in [-0.25, -0.2) is 13.1 Å². The summed E-state index contributed by atoms with van der Waals surface area (Å²) >= 11 is 0. The summed E-state index contributed by atoms with van der Waals surface area (Å²) in [4.78, 5) is 23.0. The van der Waals surface area contributed by atoms with Crippen LogP contribution in [0.15, 0.2) is 29.2 Å². The fourth-order valence-corrected chi connectivity index (χ4v) is 2.80. The Bertz CT molecular complexity index is 666. The van der Waals surface area contributed by atoms with Crippen molar-refractivity contribution in [3.63, 3.8) is 0 Å². The number of hydrogen-bond donors (Lipinski definition) is 3. The minimum atomic E-state index is -3.55. The molecule has 1 aromatic carbocycles. The van der Waals surface area contributed by atoms with Crippen LogP contribution in [0.3, 0.4) is 0 Å². The lowest BCUT2D eigenvalue weighted by Crippen LogP contribution is -2.32. The Labute approximate surface area is 136 Å². The Hall–Kier alpha value is -1.93. The van der Waals surface area contributed by atoms with Gasteiger partial charge >= 0.3 is 5.97 Å². The van der Waals surface area contributed by atoms with Crippen LogP contribution < -0.4 is 10.0 Å². The van der Waals surface area contributed by atoms with Crippen molar-refractivity contribution in [2.75, 3.05) is 13.1 Å². The van der Waals surface area contributed by atoms with Gasteiger partial charge < -0.3 is 10.4 Å². The van der Waals surface area contributed by atoms with Crippen molar-refractivity contribution in [1.29, 1.82) is 0 Å². The average molecular weight is 342 g/mol. The monoisotopic (exact) mass is 342 g/mol. The molecule has 1 rings (SSSR count). The van der Waals surface area contributed by atoms with Gasteiger partial charge in [-0.2, -0.15) is 0 Å². The van der Waals surface area contributed by atoms with Crippen molar-refractivity contribution >= 4 is 21.9 Å². The predicted octanol–water partition coefficient (Wildman–Crippen LogP) is 1.22. The molecule has 0 spiro atoms. The zero-order valence-electron chi connectivity index (χ0n) is 13.4. The summed E-state index contributed by atoms with van der Waals surface area (Å²) in [5, 5.41) is 11.6. The molecular weight excluding hydrogens is 320 g/mol. The lowest BCUT2D eigenvalue weighted by molar-refractivity contribution is -0.147. The highest BCUT2D eigenvalue weighted by molar-refractivity contribution is 7.89. The first kappa shape index (κ1) is 19.1. The van der Waals surface area contributed by atoms with E-state index in [1.165, 1.54) is 24.3 Å². The number of carboxylic acid groups (broad SMARTS) is 1. The van der Waals surface area contributed by atoms with E-state index in [0.717, 1.165) is 0 Å². The van der Waals surface area contributed by atoms with Crippen LogP contribution in [0.25, 0.3) is 0 Å².